The van der Waals surface area contributed by atoms with Crippen molar-refractivity contribution in [3.8, 4) is 0 Å². The number of anilines is 3. The molecule has 0 aromatic heterocycles. The molecule has 0 bridgehead atoms. The summed E-state index contributed by atoms with van der Waals surface area (Å²) in [5.74, 6) is -0.339. The second-order valence-corrected chi connectivity index (χ2v) is 5.68. The molecule has 0 aliphatic rings. The predicted molar refractivity (Wildman–Crippen MR) is 100 cm³/mol. The maximum atomic E-state index is 12.9. The van der Waals surface area contributed by atoms with Gasteiger partial charge in [0, 0.05) is 35.6 Å². The fourth-order valence-corrected chi connectivity index (χ4v) is 2.46. The first-order valence-electron chi connectivity index (χ1n) is 8.15. The second-order valence-electron chi connectivity index (χ2n) is 5.68. The molecule has 3 aromatic rings. The van der Waals surface area contributed by atoms with Gasteiger partial charge in [0.2, 0.25) is 0 Å². The lowest BCUT2D eigenvalue weighted by molar-refractivity contribution is 0.0986. The lowest BCUT2D eigenvalue weighted by atomic mass is 10.1. The number of benzene rings is 3. The van der Waals surface area contributed by atoms with Crippen LogP contribution in [0.3, 0.4) is 0 Å². The normalized spacial score (nSPS) is 10.3. The first-order valence-corrected chi connectivity index (χ1v) is 8.15. The fraction of sp³-hybridized carbons (Fsp3) is 0.0952. The number of carbonyl (C=O) groups is 1. The Morgan fingerprint density at radius 1 is 0.760 bits per heavy atom. The van der Waals surface area contributed by atoms with Gasteiger partial charge < -0.3 is 10.6 Å². The van der Waals surface area contributed by atoms with Crippen LogP contribution in [0.1, 0.15) is 16.8 Å². The lowest BCUT2D eigenvalue weighted by Gasteiger charge is -2.09. The Hall–Kier alpha value is -3.14. The van der Waals surface area contributed by atoms with Crippen molar-refractivity contribution < 1.29 is 9.18 Å². The Labute approximate surface area is 146 Å². The van der Waals surface area contributed by atoms with Gasteiger partial charge in [-0.05, 0) is 60.7 Å². The summed E-state index contributed by atoms with van der Waals surface area (Å²) in [5.41, 5.74) is 3.52. The van der Waals surface area contributed by atoms with Crippen molar-refractivity contribution in [2.75, 3.05) is 17.2 Å². The minimum absolute atomic E-state index is 0.00476. The Morgan fingerprint density at radius 3 is 2.04 bits per heavy atom. The third-order valence-corrected chi connectivity index (χ3v) is 3.79. The molecule has 3 rings (SSSR count). The fourth-order valence-electron chi connectivity index (χ4n) is 2.46. The Balaban J connectivity index is 1.48. The third kappa shape index (κ3) is 4.91. The Morgan fingerprint density at radius 2 is 1.36 bits per heavy atom. The van der Waals surface area contributed by atoms with Gasteiger partial charge in [0.15, 0.2) is 5.78 Å². The van der Waals surface area contributed by atoms with E-state index < -0.39 is 0 Å². The Bertz CT molecular complexity index is 815. The van der Waals surface area contributed by atoms with Crippen molar-refractivity contribution in [1.29, 1.82) is 0 Å². The van der Waals surface area contributed by atoms with Crippen LogP contribution in [0.2, 0.25) is 0 Å². The second kappa shape index (κ2) is 8.11. The van der Waals surface area contributed by atoms with Crippen molar-refractivity contribution in [1.82, 2.24) is 0 Å². The molecule has 0 radical (unpaired) electrons. The molecular formula is C21H19FN2O. The SMILES string of the molecule is O=C(CCNc1ccc(Nc2ccccc2)cc1)c1ccc(F)cc1. The number of carbonyl (C=O) groups excluding carboxylic acids is 1. The lowest BCUT2D eigenvalue weighted by Crippen LogP contribution is -2.08. The number of hydrogen-bond acceptors (Lipinski definition) is 3. The van der Waals surface area contributed by atoms with E-state index in [1.807, 2.05) is 54.6 Å². The molecule has 0 saturated carbocycles. The van der Waals surface area contributed by atoms with Crippen LogP contribution in [0.25, 0.3) is 0 Å². The van der Waals surface area contributed by atoms with Gasteiger partial charge in [-0.3, -0.25) is 4.79 Å². The largest absolute Gasteiger partial charge is 0.385 e. The number of para-hydroxylation sites is 1. The summed E-state index contributed by atoms with van der Waals surface area (Å²) in [6, 6.07) is 23.5. The highest BCUT2D eigenvalue weighted by molar-refractivity contribution is 5.96. The van der Waals surface area contributed by atoms with Crippen LogP contribution in [-0.4, -0.2) is 12.3 Å². The van der Waals surface area contributed by atoms with Gasteiger partial charge in [-0.1, -0.05) is 18.2 Å². The highest BCUT2D eigenvalue weighted by Gasteiger charge is 2.05. The zero-order valence-electron chi connectivity index (χ0n) is 13.7. The molecule has 0 aliphatic carbocycles. The molecule has 0 amide bonds. The van der Waals surface area contributed by atoms with Crippen molar-refractivity contribution in [3.05, 3.63) is 90.2 Å². The molecule has 126 valence electrons. The van der Waals surface area contributed by atoms with Crippen LogP contribution in [0, 0.1) is 5.82 Å². The molecule has 25 heavy (non-hydrogen) atoms. The van der Waals surface area contributed by atoms with E-state index in [0.717, 1.165) is 17.1 Å². The minimum Gasteiger partial charge on any atom is -0.385 e. The minimum atomic E-state index is -0.334. The van der Waals surface area contributed by atoms with Gasteiger partial charge in [0.05, 0.1) is 0 Å². The number of Topliss-reactive ketones (excluding diaryl/α,β-unsaturated/α-hetero) is 1. The van der Waals surface area contributed by atoms with Gasteiger partial charge in [-0.25, -0.2) is 4.39 Å². The van der Waals surface area contributed by atoms with Crippen molar-refractivity contribution >= 4 is 22.8 Å². The van der Waals surface area contributed by atoms with Gasteiger partial charge >= 0.3 is 0 Å². The molecule has 0 saturated heterocycles. The standard InChI is InChI=1S/C21H19FN2O/c22-17-8-6-16(7-9-17)21(25)14-15-23-18-10-12-20(13-11-18)24-19-4-2-1-3-5-19/h1-13,23-24H,14-15H2. The van der Waals surface area contributed by atoms with Gasteiger partial charge in [-0.15, -0.1) is 0 Å². The van der Waals surface area contributed by atoms with Crippen LogP contribution in [-0.2, 0) is 0 Å². The van der Waals surface area contributed by atoms with Crippen molar-refractivity contribution in [3.63, 3.8) is 0 Å². The maximum Gasteiger partial charge on any atom is 0.164 e. The number of rotatable bonds is 7. The van der Waals surface area contributed by atoms with E-state index in [4.69, 9.17) is 0 Å². The highest BCUT2D eigenvalue weighted by atomic mass is 19.1. The van der Waals surface area contributed by atoms with E-state index in [1.165, 1.54) is 24.3 Å². The summed E-state index contributed by atoms with van der Waals surface area (Å²) in [4.78, 5) is 12.0. The highest BCUT2D eigenvalue weighted by Crippen LogP contribution is 2.18. The molecule has 3 nitrogen and oxygen atoms in total. The quantitative estimate of drug-likeness (QED) is 0.580. The first-order chi connectivity index (χ1) is 12.2. The topological polar surface area (TPSA) is 41.1 Å². The summed E-state index contributed by atoms with van der Waals surface area (Å²) in [5, 5.41) is 6.54. The first kappa shape index (κ1) is 16.7. The molecule has 2 N–H and O–H groups in total. The average molecular weight is 334 g/mol. The molecule has 3 aromatic carbocycles. The van der Waals surface area contributed by atoms with Gasteiger partial charge in [-0.2, -0.15) is 0 Å². The summed E-state index contributed by atoms with van der Waals surface area (Å²) >= 11 is 0. The van der Waals surface area contributed by atoms with Crippen LogP contribution in [0.15, 0.2) is 78.9 Å². The summed E-state index contributed by atoms with van der Waals surface area (Å²) in [7, 11) is 0. The molecular weight excluding hydrogens is 315 g/mol. The summed E-state index contributed by atoms with van der Waals surface area (Å²) in [6.45, 7) is 0.529. The van der Waals surface area contributed by atoms with E-state index in [1.54, 1.807) is 0 Å². The zero-order valence-corrected chi connectivity index (χ0v) is 13.7. The molecule has 0 aliphatic heterocycles. The molecule has 4 heteroatoms. The van der Waals surface area contributed by atoms with E-state index >= 15 is 0 Å². The van der Waals surface area contributed by atoms with E-state index in [9.17, 15) is 9.18 Å². The summed E-state index contributed by atoms with van der Waals surface area (Å²) < 4.78 is 12.9. The molecule has 0 unspecified atom stereocenters. The zero-order chi connectivity index (χ0) is 17.5. The van der Waals surface area contributed by atoms with Gasteiger partial charge in [0.1, 0.15) is 5.82 Å². The smallest absolute Gasteiger partial charge is 0.164 e. The van der Waals surface area contributed by atoms with Crippen molar-refractivity contribution in [2.24, 2.45) is 0 Å². The predicted octanol–water partition coefficient (Wildman–Crippen LogP) is 5.25. The number of halogens is 1. The molecule has 0 fully saturated rings. The van der Waals surface area contributed by atoms with E-state index in [2.05, 4.69) is 10.6 Å². The van der Waals surface area contributed by atoms with Crippen molar-refractivity contribution in [2.45, 2.75) is 6.42 Å². The molecule has 0 heterocycles. The maximum absolute atomic E-state index is 12.9. The van der Waals surface area contributed by atoms with Crippen LogP contribution >= 0.6 is 0 Å². The Kier molecular flexibility index (Phi) is 5.42. The van der Waals surface area contributed by atoms with E-state index in [-0.39, 0.29) is 11.6 Å². The molecule has 0 spiro atoms. The monoisotopic (exact) mass is 334 g/mol. The van der Waals surface area contributed by atoms with E-state index in [0.29, 0.717) is 18.5 Å². The summed E-state index contributed by atoms with van der Waals surface area (Å²) in [6.07, 6.45) is 0.357. The van der Waals surface area contributed by atoms with Crippen LogP contribution in [0.4, 0.5) is 21.5 Å². The molecule has 0 atom stereocenters. The number of hydrogen-bond donors (Lipinski definition) is 2. The third-order valence-electron chi connectivity index (χ3n) is 3.79. The average Bonchev–Trinajstić information content (AvgIpc) is 2.64. The van der Waals surface area contributed by atoms with Crippen LogP contribution in [0.5, 0.6) is 0 Å². The van der Waals surface area contributed by atoms with Gasteiger partial charge in [0.25, 0.3) is 0 Å². The van der Waals surface area contributed by atoms with Crippen LogP contribution < -0.4 is 10.6 Å². The number of ketones is 1. The number of nitrogens with one attached hydrogen (secondary N) is 2.